The molecule has 84 valence electrons. The molecule has 5 heteroatoms. The number of nitrogens with zero attached hydrogens (tertiary/aromatic N) is 4. The maximum Gasteiger partial charge on any atom is 0.188 e. The lowest BCUT2D eigenvalue weighted by atomic mass is 10.1. The molecule has 1 N–H and O–H groups in total. The topological polar surface area (TPSA) is 55.6 Å². The second-order valence-corrected chi connectivity index (χ2v) is 3.78. The van der Waals surface area contributed by atoms with E-state index in [-0.39, 0.29) is 0 Å². The molecular formula is C11H15N5. The molecule has 0 saturated heterocycles. The largest absolute Gasteiger partial charge is 0.306 e. The summed E-state index contributed by atoms with van der Waals surface area (Å²) in [5, 5.41) is 15.0. The highest BCUT2D eigenvalue weighted by Gasteiger charge is 1.99. The minimum atomic E-state index is 0.641. The highest BCUT2D eigenvalue weighted by atomic mass is 15.6. The Kier molecular flexibility index (Phi) is 3.26. The number of benzene rings is 1. The monoisotopic (exact) mass is 217 g/mol. The van der Waals surface area contributed by atoms with Crippen LogP contribution in [-0.4, -0.2) is 20.2 Å². The fraction of sp³-hybridized carbons (Fsp3) is 0.364. The van der Waals surface area contributed by atoms with Crippen LogP contribution in [0.15, 0.2) is 24.3 Å². The quantitative estimate of drug-likeness (QED) is 0.823. The van der Waals surface area contributed by atoms with Crippen molar-refractivity contribution < 1.29 is 0 Å². The van der Waals surface area contributed by atoms with Crippen LogP contribution >= 0.6 is 0 Å². The molecule has 0 spiro atoms. The highest BCUT2D eigenvalue weighted by Crippen LogP contribution is 2.02. The zero-order chi connectivity index (χ0) is 11.4. The lowest BCUT2D eigenvalue weighted by Gasteiger charge is -2.02. The first-order valence-corrected chi connectivity index (χ1v) is 5.23. The summed E-state index contributed by atoms with van der Waals surface area (Å²) in [4.78, 5) is 1.46. The molecule has 1 heterocycles. The molecule has 1 aromatic heterocycles. The third-order valence-electron chi connectivity index (χ3n) is 2.28. The van der Waals surface area contributed by atoms with Gasteiger partial charge in [-0.3, -0.25) is 0 Å². The number of hydrogen-bond acceptors (Lipinski definition) is 4. The Morgan fingerprint density at radius 3 is 2.56 bits per heavy atom. The second kappa shape index (κ2) is 4.85. The third kappa shape index (κ3) is 2.87. The van der Waals surface area contributed by atoms with Gasteiger partial charge in [0, 0.05) is 6.54 Å². The van der Waals surface area contributed by atoms with Gasteiger partial charge >= 0.3 is 0 Å². The summed E-state index contributed by atoms with van der Waals surface area (Å²) in [5.74, 6) is 0.717. The Morgan fingerprint density at radius 1 is 1.19 bits per heavy atom. The molecule has 5 nitrogen and oxygen atoms in total. The van der Waals surface area contributed by atoms with Crippen LogP contribution < -0.4 is 5.32 Å². The lowest BCUT2D eigenvalue weighted by molar-refractivity contribution is 0.619. The number of tetrazole rings is 1. The number of aryl methyl sites for hydroxylation is 2. The Bertz CT molecular complexity index is 446. The summed E-state index contributed by atoms with van der Waals surface area (Å²) < 4.78 is 0. The summed E-state index contributed by atoms with van der Waals surface area (Å²) in [7, 11) is 1.76. The molecule has 16 heavy (non-hydrogen) atoms. The van der Waals surface area contributed by atoms with E-state index in [0.717, 1.165) is 12.4 Å². The Labute approximate surface area is 94.5 Å². The van der Waals surface area contributed by atoms with Crippen molar-refractivity contribution in [1.29, 1.82) is 0 Å². The molecule has 0 fully saturated rings. The van der Waals surface area contributed by atoms with E-state index in [9.17, 15) is 0 Å². The first-order chi connectivity index (χ1) is 7.74. The summed E-state index contributed by atoms with van der Waals surface area (Å²) in [6, 6.07) is 8.45. The zero-order valence-electron chi connectivity index (χ0n) is 9.51. The molecule has 2 rings (SSSR count). The second-order valence-electron chi connectivity index (χ2n) is 3.78. The zero-order valence-corrected chi connectivity index (χ0v) is 9.51. The molecule has 0 amide bonds. The average Bonchev–Trinajstić information content (AvgIpc) is 2.67. The molecule has 2 aromatic rings. The molecule has 0 unspecified atom stereocenters. The van der Waals surface area contributed by atoms with E-state index < -0.39 is 0 Å². The fourth-order valence-corrected chi connectivity index (χ4v) is 1.42. The predicted octanol–water partition coefficient (Wildman–Crippen LogP) is 0.808. The number of nitrogens with one attached hydrogen (secondary N) is 1. The van der Waals surface area contributed by atoms with Gasteiger partial charge in [-0.25, -0.2) is 0 Å². The van der Waals surface area contributed by atoms with Gasteiger partial charge in [0.2, 0.25) is 0 Å². The summed E-state index contributed by atoms with van der Waals surface area (Å²) in [6.45, 7) is 3.54. The molecular weight excluding hydrogens is 202 g/mol. The van der Waals surface area contributed by atoms with Crippen LogP contribution in [0.5, 0.6) is 0 Å². The molecule has 0 atom stereocenters. The average molecular weight is 217 g/mol. The van der Waals surface area contributed by atoms with Crippen molar-refractivity contribution >= 4 is 0 Å². The van der Waals surface area contributed by atoms with Gasteiger partial charge in [-0.2, -0.15) is 4.80 Å². The van der Waals surface area contributed by atoms with Crippen molar-refractivity contribution in [3.8, 4) is 0 Å². The summed E-state index contributed by atoms with van der Waals surface area (Å²) >= 11 is 0. The van der Waals surface area contributed by atoms with E-state index in [1.165, 1.54) is 15.9 Å². The van der Waals surface area contributed by atoms with Crippen LogP contribution in [-0.2, 0) is 20.1 Å². The van der Waals surface area contributed by atoms with Crippen LogP contribution in [0.3, 0.4) is 0 Å². The molecule has 0 bridgehead atoms. The standard InChI is InChI=1S/C11H15N5/c1-9-3-5-10(6-4-9)7-12-8-11-13-15-16(2)14-11/h3-6,12H,7-8H2,1-2H3. The van der Waals surface area contributed by atoms with Crippen molar-refractivity contribution in [2.45, 2.75) is 20.0 Å². The predicted molar refractivity (Wildman–Crippen MR) is 60.5 cm³/mol. The summed E-state index contributed by atoms with van der Waals surface area (Å²) in [5.41, 5.74) is 2.54. The molecule has 0 aliphatic rings. The van der Waals surface area contributed by atoms with E-state index in [1.54, 1.807) is 7.05 Å². The van der Waals surface area contributed by atoms with Crippen LogP contribution in [0, 0.1) is 6.92 Å². The minimum absolute atomic E-state index is 0.641. The smallest absolute Gasteiger partial charge is 0.188 e. The van der Waals surface area contributed by atoms with E-state index in [2.05, 4.69) is 51.9 Å². The normalized spacial score (nSPS) is 10.6. The van der Waals surface area contributed by atoms with Gasteiger partial charge in [-0.05, 0) is 17.7 Å². The van der Waals surface area contributed by atoms with Crippen LogP contribution in [0.25, 0.3) is 0 Å². The van der Waals surface area contributed by atoms with Gasteiger partial charge < -0.3 is 5.32 Å². The van der Waals surface area contributed by atoms with E-state index in [0.29, 0.717) is 6.54 Å². The van der Waals surface area contributed by atoms with E-state index in [1.807, 2.05) is 0 Å². The SMILES string of the molecule is Cc1ccc(CNCc2nnn(C)n2)cc1. The number of rotatable bonds is 4. The van der Waals surface area contributed by atoms with Crippen molar-refractivity contribution in [2.75, 3.05) is 0 Å². The molecule has 1 aromatic carbocycles. The van der Waals surface area contributed by atoms with Gasteiger partial charge in [0.25, 0.3) is 0 Å². The van der Waals surface area contributed by atoms with Crippen molar-refractivity contribution in [3.63, 3.8) is 0 Å². The first kappa shape index (κ1) is 10.8. The van der Waals surface area contributed by atoms with Crippen molar-refractivity contribution in [1.82, 2.24) is 25.5 Å². The highest BCUT2D eigenvalue weighted by molar-refractivity contribution is 5.21. The molecule has 0 aliphatic heterocycles. The number of hydrogen-bond donors (Lipinski definition) is 1. The maximum atomic E-state index is 4.09. The Balaban J connectivity index is 1.82. The molecule has 0 aliphatic carbocycles. The molecule has 0 saturated carbocycles. The lowest BCUT2D eigenvalue weighted by Crippen LogP contribution is -2.13. The van der Waals surface area contributed by atoms with Gasteiger partial charge in [-0.15, -0.1) is 10.2 Å². The molecule has 0 radical (unpaired) electrons. The van der Waals surface area contributed by atoms with E-state index in [4.69, 9.17) is 0 Å². The van der Waals surface area contributed by atoms with Gasteiger partial charge in [0.1, 0.15) is 0 Å². The minimum Gasteiger partial charge on any atom is -0.306 e. The fourth-order valence-electron chi connectivity index (χ4n) is 1.42. The van der Waals surface area contributed by atoms with Gasteiger partial charge in [0.05, 0.1) is 13.6 Å². The van der Waals surface area contributed by atoms with Gasteiger partial charge in [0.15, 0.2) is 5.82 Å². The van der Waals surface area contributed by atoms with Crippen LogP contribution in [0.2, 0.25) is 0 Å². The summed E-state index contributed by atoms with van der Waals surface area (Å²) in [6.07, 6.45) is 0. The Hall–Kier alpha value is -1.75. The maximum absolute atomic E-state index is 4.09. The Morgan fingerprint density at radius 2 is 1.94 bits per heavy atom. The third-order valence-corrected chi connectivity index (χ3v) is 2.28. The van der Waals surface area contributed by atoms with Crippen molar-refractivity contribution in [2.24, 2.45) is 7.05 Å². The van der Waals surface area contributed by atoms with Gasteiger partial charge in [-0.1, -0.05) is 29.8 Å². The van der Waals surface area contributed by atoms with Crippen LogP contribution in [0.4, 0.5) is 0 Å². The van der Waals surface area contributed by atoms with Crippen molar-refractivity contribution in [3.05, 3.63) is 41.2 Å². The van der Waals surface area contributed by atoms with Crippen LogP contribution in [0.1, 0.15) is 17.0 Å². The number of aromatic nitrogens is 4. The first-order valence-electron chi connectivity index (χ1n) is 5.23. The van der Waals surface area contributed by atoms with E-state index >= 15 is 0 Å².